The lowest BCUT2D eigenvalue weighted by Crippen LogP contribution is -2.54. The third-order valence-electron chi connectivity index (χ3n) is 4.51. The lowest BCUT2D eigenvalue weighted by atomic mass is 9.89. The molecule has 1 atom stereocenters. The van der Waals surface area contributed by atoms with Crippen LogP contribution >= 0.6 is 0 Å². The molecule has 0 spiro atoms. The normalized spacial score (nSPS) is 20.3. The van der Waals surface area contributed by atoms with Crippen molar-refractivity contribution in [2.45, 2.75) is 31.4 Å². The molecule has 2 N–H and O–H groups in total. The number of likely N-dealkylation sites (tertiary alicyclic amines) is 1. The first-order valence-corrected chi connectivity index (χ1v) is 7.93. The summed E-state index contributed by atoms with van der Waals surface area (Å²) in [6, 6.07) is 10.2. The highest BCUT2D eigenvalue weighted by Gasteiger charge is 2.33. The summed E-state index contributed by atoms with van der Waals surface area (Å²) < 4.78 is 5.71. The molecule has 0 amide bonds. The number of benzene rings is 1. The fraction of sp³-hybridized carbons (Fsp3) is 0.647. The second kappa shape index (κ2) is 7.90. The summed E-state index contributed by atoms with van der Waals surface area (Å²) in [5, 5.41) is 13.3. The van der Waals surface area contributed by atoms with Crippen LogP contribution in [0.2, 0.25) is 0 Å². The van der Waals surface area contributed by atoms with Crippen LogP contribution in [0.4, 0.5) is 0 Å². The number of aliphatic hydroxyl groups excluding tert-OH is 1. The van der Waals surface area contributed by atoms with Crippen LogP contribution in [0.3, 0.4) is 0 Å². The molecule has 1 aromatic carbocycles. The van der Waals surface area contributed by atoms with Gasteiger partial charge in [0.15, 0.2) is 0 Å². The summed E-state index contributed by atoms with van der Waals surface area (Å²) in [6.45, 7) is 5.83. The van der Waals surface area contributed by atoms with Gasteiger partial charge in [0.25, 0.3) is 0 Å². The first-order valence-electron chi connectivity index (χ1n) is 7.93. The summed E-state index contributed by atoms with van der Waals surface area (Å²) in [7, 11) is 1.93. The van der Waals surface area contributed by atoms with Crippen LogP contribution in [0.1, 0.15) is 25.3 Å². The Morgan fingerprint density at radius 1 is 1.29 bits per heavy atom. The van der Waals surface area contributed by atoms with Crippen LogP contribution in [-0.4, -0.2) is 56.0 Å². The number of nitrogens with one attached hydrogen (secondary N) is 1. The van der Waals surface area contributed by atoms with Crippen LogP contribution in [0.15, 0.2) is 30.3 Å². The van der Waals surface area contributed by atoms with Gasteiger partial charge in [0, 0.05) is 26.2 Å². The molecule has 4 heteroatoms. The van der Waals surface area contributed by atoms with Crippen molar-refractivity contribution in [2.75, 3.05) is 39.9 Å². The van der Waals surface area contributed by atoms with E-state index < -0.39 is 0 Å². The van der Waals surface area contributed by atoms with Crippen LogP contribution in [0.5, 0.6) is 0 Å². The predicted molar refractivity (Wildman–Crippen MR) is 85.4 cm³/mol. The number of hydrogen-bond donors (Lipinski definition) is 2. The highest BCUT2D eigenvalue weighted by atomic mass is 16.5. The Labute approximate surface area is 128 Å². The summed E-state index contributed by atoms with van der Waals surface area (Å²) in [5.41, 5.74) is 0.752. The van der Waals surface area contributed by atoms with E-state index in [0.29, 0.717) is 6.10 Å². The summed E-state index contributed by atoms with van der Waals surface area (Å²) in [4.78, 5) is 2.43. The standard InChI is InChI=1S/C17H28N2O2/c1-3-21-16-9-11-19(12-10-16)13-17(14-20,18-2)15-7-5-4-6-8-15/h4-8,16,18,20H,3,9-14H2,1-2H3. The predicted octanol–water partition coefficient (Wildman–Crippen LogP) is 1.59. The zero-order valence-electron chi connectivity index (χ0n) is 13.2. The maximum atomic E-state index is 9.98. The van der Waals surface area contributed by atoms with Crippen molar-refractivity contribution in [2.24, 2.45) is 0 Å². The highest BCUT2D eigenvalue weighted by molar-refractivity contribution is 5.25. The minimum Gasteiger partial charge on any atom is -0.394 e. The molecule has 2 rings (SSSR count). The lowest BCUT2D eigenvalue weighted by Gasteiger charge is -2.40. The number of aliphatic hydroxyl groups is 1. The molecule has 0 bridgehead atoms. The molecule has 0 saturated carbocycles. The largest absolute Gasteiger partial charge is 0.394 e. The molecule has 1 aliphatic rings. The molecule has 118 valence electrons. The average Bonchev–Trinajstić information content (AvgIpc) is 2.55. The zero-order valence-corrected chi connectivity index (χ0v) is 13.2. The van der Waals surface area contributed by atoms with Gasteiger partial charge < -0.3 is 20.1 Å². The Hall–Kier alpha value is -0.940. The minimum absolute atomic E-state index is 0.0961. The fourth-order valence-electron chi connectivity index (χ4n) is 3.14. The van der Waals surface area contributed by atoms with Crippen LogP contribution < -0.4 is 5.32 Å². The van der Waals surface area contributed by atoms with Crippen molar-refractivity contribution in [3.63, 3.8) is 0 Å². The van der Waals surface area contributed by atoms with Gasteiger partial charge in [-0.05, 0) is 32.4 Å². The van der Waals surface area contributed by atoms with Gasteiger partial charge in [0.1, 0.15) is 0 Å². The quantitative estimate of drug-likeness (QED) is 0.801. The van der Waals surface area contributed by atoms with Crippen LogP contribution in [0.25, 0.3) is 0 Å². The third-order valence-corrected chi connectivity index (χ3v) is 4.51. The molecule has 1 aliphatic heterocycles. The second-order valence-corrected chi connectivity index (χ2v) is 5.79. The van der Waals surface area contributed by atoms with Crippen molar-refractivity contribution in [1.29, 1.82) is 0 Å². The Balaban J connectivity index is 2.01. The number of piperidine rings is 1. The van der Waals surface area contributed by atoms with E-state index in [1.807, 2.05) is 25.2 Å². The monoisotopic (exact) mass is 292 g/mol. The number of rotatable bonds is 7. The van der Waals surface area contributed by atoms with E-state index in [4.69, 9.17) is 4.74 Å². The average molecular weight is 292 g/mol. The number of hydrogen-bond acceptors (Lipinski definition) is 4. The van der Waals surface area contributed by atoms with E-state index in [9.17, 15) is 5.11 Å². The highest BCUT2D eigenvalue weighted by Crippen LogP contribution is 2.24. The molecule has 1 aromatic rings. The van der Waals surface area contributed by atoms with E-state index in [2.05, 4.69) is 29.3 Å². The molecule has 4 nitrogen and oxygen atoms in total. The summed E-state index contributed by atoms with van der Waals surface area (Å²) >= 11 is 0. The Morgan fingerprint density at radius 3 is 2.48 bits per heavy atom. The lowest BCUT2D eigenvalue weighted by molar-refractivity contribution is 0.00358. The molecule has 0 aliphatic carbocycles. The van der Waals surface area contributed by atoms with Gasteiger partial charge in [0.2, 0.25) is 0 Å². The van der Waals surface area contributed by atoms with Crippen LogP contribution in [-0.2, 0) is 10.3 Å². The maximum absolute atomic E-state index is 9.98. The Morgan fingerprint density at radius 2 is 1.95 bits per heavy atom. The van der Waals surface area contributed by atoms with Crippen molar-refractivity contribution < 1.29 is 9.84 Å². The molecular formula is C17H28N2O2. The SMILES string of the molecule is CCOC1CCN(CC(CO)(NC)c2ccccc2)CC1. The second-order valence-electron chi connectivity index (χ2n) is 5.79. The number of likely N-dealkylation sites (N-methyl/N-ethyl adjacent to an activating group) is 1. The van der Waals surface area contributed by atoms with Gasteiger partial charge in [-0.2, -0.15) is 0 Å². The van der Waals surface area contributed by atoms with Gasteiger partial charge in [-0.1, -0.05) is 30.3 Å². The molecular weight excluding hydrogens is 264 g/mol. The zero-order chi connectivity index (χ0) is 15.1. The van der Waals surface area contributed by atoms with E-state index in [0.717, 1.165) is 44.6 Å². The molecule has 1 unspecified atom stereocenters. The van der Waals surface area contributed by atoms with Crippen molar-refractivity contribution in [1.82, 2.24) is 10.2 Å². The van der Waals surface area contributed by atoms with Gasteiger partial charge >= 0.3 is 0 Å². The van der Waals surface area contributed by atoms with Crippen molar-refractivity contribution in [3.05, 3.63) is 35.9 Å². The van der Waals surface area contributed by atoms with E-state index in [1.165, 1.54) is 0 Å². The Bertz CT molecular complexity index is 399. The minimum atomic E-state index is -0.389. The topological polar surface area (TPSA) is 44.7 Å². The van der Waals surface area contributed by atoms with Crippen molar-refractivity contribution >= 4 is 0 Å². The fourth-order valence-corrected chi connectivity index (χ4v) is 3.14. The molecule has 0 aromatic heterocycles. The van der Waals surface area contributed by atoms with Gasteiger partial charge in [0.05, 0.1) is 18.2 Å². The summed E-state index contributed by atoms with van der Waals surface area (Å²) in [6.07, 6.45) is 2.56. The van der Waals surface area contributed by atoms with E-state index in [1.54, 1.807) is 0 Å². The molecule has 0 radical (unpaired) electrons. The van der Waals surface area contributed by atoms with Gasteiger partial charge in [-0.25, -0.2) is 0 Å². The molecule has 21 heavy (non-hydrogen) atoms. The maximum Gasteiger partial charge on any atom is 0.0795 e. The number of ether oxygens (including phenoxy) is 1. The van der Waals surface area contributed by atoms with Gasteiger partial charge in [-0.3, -0.25) is 0 Å². The Kier molecular flexibility index (Phi) is 6.18. The molecule has 1 saturated heterocycles. The van der Waals surface area contributed by atoms with Crippen molar-refractivity contribution in [3.8, 4) is 0 Å². The van der Waals surface area contributed by atoms with E-state index >= 15 is 0 Å². The van der Waals surface area contributed by atoms with Gasteiger partial charge in [-0.15, -0.1) is 0 Å². The van der Waals surface area contributed by atoms with E-state index in [-0.39, 0.29) is 12.1 Å². The molecule has 1 heterocycles. The summed E-state index contributed by atoms with van der Waals surface area (Å²) in [5.74, 6) is 0. The smallest absolute Gasteiger partial charge is 0.0795 e. The van der Waals surface area contributed by atoms with Crippen LogP contribution in [0, 0.1) is 0 Å². The first kappa shape index (κ1) is 16.4. The molecule has 1 fully saturated rings. The third kappa shape index (κ3) is 4.04. The number of nitrogens with zero attached hydrogens (tertiary/aromatic N) is 1. The first-order chi connectivity index (χ1) is 10.2.